The molecular formula is C18H29ClN2. The van der Waals surface area contributed by atoms with Crippen LogP contribution in [-0.2, 0) is 0 Å². The van der Waals surface area contributed by atoms with Crippen molar-refractivity contribution in [2.45, 2.75) is 57.4 Å². The zero-order valence-corrected chi connectivity index (χ0v) is 13.8. The van der Waals surface area contributed by atoms with Crippen molar-refractivity contribution < 1.29 is 0 Å². The molecule has 3 rings (SSSR count). The SMILES string of the molecule is NCC1(C2C=CC=C(Cl)C2)CCC(N2CCCCC2)CC1. The molecule has 1 saturated heterocycles. The monoisotopic (exact) mass is 308 g/mol. The van der Waals surface area contributed by atoms with Crippen molar-refractivity contribution in [1.82, 2.24) is 4.90 Å². The molecule has 118 valence electrons. The van der Waals surface area contributed by atoms with Crippen molar-refractivity contribution in [2.75, 3.05) is 19.6 Å². The lowest BCUT2D eigenvalue weighted by Crippen LogP contribution is -2.47. The minimum Gasteiger partial charge on any atom is -0.330 e. The van der Waals surface area contributed by atoms with Gasteiger partial charge in [-0.15, -0.1) is 0 Å². The van der Waals surface area contributed by atoms with Gasteiger partial charge in [-0.05, 0) is 82.0 Å². The van der Waals surface area contributed by atoms with E-state index in [1.54, 1.807) is 0 Å². The highest BCUT2D eigenvalue weighted by Crippen LogP contribution is 2.47. The van der Waals surface area contributed by atoms with Gasteiger partial charge in [0.2, 0.25) is 0 Å². The Bertz CT molecular complexity index is 401. The van der Waals surface area contributed by atoms with Gasteiger partial charge in [0.1, 0.15) is 0 Å². The molecule has 0 spiro atoms. The van der Waals surface area contributed by atoms with Crippen LogP contribution in [0.2, 0.25) is 0 Å². The normalized spacial score (nSPS) is 38.3. The van der Waals surface area contributed by atoms with Crippen LogP contribution in [0.1, 0.15) is 51.4 Å². The summed E-state index contributed by atoms with van der Waals surface area (Å²) in [4.78, 5) is 2.74. The van der Waals surface area contributed by atoms with E-state index in [-0.39, 0.29) is 5.41 Å². The van der Waals surface area contributed by atoms with Crippen LogP contribution in [-0.4, -0.2) is 30.6 Å². The van der Waals surface area contributed by atoms with E-state index in [2.05, 4.69) is 17.1 Å². The molecule has 0 radical (unpaired) electrons. The van der Waals surface area contributed by atoms with Crippen LogP contribution < -0.4 is 5.73 Å². The highest BCUT2D eigenvalue weighted by atomic mass is 35.5. The molecule has 0 bridgehead atoms. The fourth-order valence-corrected chi connectivity index (χ4v) is 4.85. The van der Waals surface area contributed by atoms with Gasteiger partial charge in [0.05, 0.1) is 0 Å². The standard InChI is InChI=1S/C18H29ClN2/c19-16-6-4-5-15(13-16)18(14-20)9-7-17(8-10-18)21-11-2-1-3-12-21/h4-6,15,17H,1-3,7-14,20H2. The number of nitrogens with two attached hydrogens (primary N) is 1. The summed E-state index contributed by atoms with van der Waals surface area (Å²) < 4.78 is 0. The number of nitrogens with zero attached hydrogens (tertiary/aromatic N) is 1. The van der Waals surface area contributed by atoms with Gasteiger partial charge < -0.3 is 10.6 Å². The molecule has 3 heteroatoms. The quantitative estimate of drug-likeness (QED) is 0.852. The van der Waals surface area contributed by atoms with E-state index >= 15 is 0 Å². The summed E-state index contributed by atoms with van der Waals surface area (Å²) in [6.07, 6.45) is 16.9. The Labute approximate surface area is 134 Å². The first-order valence-corrected chi connectivity index (χ1v) is 9.08. The Balaban J connectivity index is 1.61. The molecule has 1 atom stereocenters. The predicted octanol–water partition coefficient (Wildman–Crippen LogP) is 4.06. The Morgan fingerprint density at radius 1 is 1.19 bits per heavy atom. The van der Waals surface area contributed by atoms with E-state index < -0.39 is 0 Å². The van der Waals surface area contributed by atoms with Crippen LogP contribution in [0.4, 0.5) is 0 Å². The van der Waals surface area contributed by atoms with E-state index in [0.717, 1.165) is 24.0 Å². The van der Waals surface area contributed by atoms with Gasteiger partial charge in [-0.1, -0.05) is 30.2 Å². The number of likely N-dealkylation sites (tertiary alicyclic amines) is 1. The highest BCUT2D eigenvalue weighted by molar-refractivity contribution is 6.29. The minimum atomic E-state index is 0.289. The first-order chi connectivity index (χ1) is 10.2. The number of rotatable bonds is 3. The van der Waals surface area contributed by atoms with Gasteiger partial charge >= 0.3 is 0 Å². The predicted molar refractivity (Wildman–Crippen MR) is 90.4 cm³/mol. The summed E-state index contributed by atoms with van der Waals surface area (Å²) in [6.45, 7) is 3.44. The second kappa shape index (κ2) is 6.85. The van der Waals surface area contributed by atoms with Gasteiger partial charge in [0.15, 0.2) is 0 Å². The fraction of sp³-hybridized carbons (Fsp3) is 0.778. The third-order valence-electron chi connectivity index (χ3n) is 6.09. The lowest BCUT2D eigenvalue weighted by molar-refractivity contribution is 0.0555. The molecule has 0 amide bonds. The average molecular weight is 309 g/mol. The summed E-state index contributed by atoms with van der Waals surface area (Å²) in [5, 5.41) is 0.994. The minimum absolute atomic E-state index is 0.289. The maximum Gasteiger partial charge on any atom is 0.0186 e. The van der Waals surface area contributed by atoms with E-state index in [1.807, 2.05) is 6.08 Å². The molecule has 2 fully saturated rings. The number of hydrogen-bond acceptors (Lipinski definition) is 2. The molecule has 0 aromatic rings. The van der Waals surface area contributed by atoms with Crippen molar-refractivity contribution in [3.63, 3.8) is 0 Å². The van der Waals surface area contributed by atoms with Gasteiger partial charge in [-0.25, -0.2) is 0 Å². The summed E-state index contributed by atoms with van der Waals surface area (Å²) >= 11 is 6.26. The third kappa shape index (κ3) is 3.38. The Morgan fingerprint density at radius 2 is 1.90 bits per heavy atom. The van der Waals surface area contributed by atoms with Crippen LogP contribution in [0.5, 0.6) is 0 Å². The average Bonchev–Trinajstić information content (AvgIpc) is 2.56. The smallest absolute Gasteiger partial charge is 0.0186 e. The number of hydrogen-bond donors (Lipinski definition) is 1. The number of piperidine rings is 1. The van der Waals surface area contributed by atoms with Crippen LogP contribution in [0.3, 0.4) is 0 Å². The van der Waals surface area contributed by atoms with Crippen molar-refractivity contribution in [2.24, 2.45) is 17.1 Å². The van der Waals surface area contributed by atoms with E-state index in [4.69, 9.17) is 17.3 Å². The molecule has 2 N–H and O–H groups in total. The first kappa shape index (κ1) is 15.6. The lowest BCUT2D eigenvalue weighted by atomic mass is 9.63. The second-order valence-corrected chi connectivity index (χ2v) is 7.69. The van der Waals surface area contributed by atoms with E-state index in [1.165, 1.54) is 58.0 Å². The van der Waals surface area contributed by atoms with E-state index in [0.29, 0.717) is 5.92 Å². The van der Waals surface area contributed by atoms with Crippen LogP contribution >= 0.6 is 11.6 Å². The molecule has 1 unspecified atom stereocenters. The Kier molecular flexibility index (Phi) is 5.08. The molecular weight excluding hydrogens is 280 g/mol. The molecule has 3 aliphatic rings. The molecule has 1 aliphatic heterocycles. The zero-order chi connectivity index (χ0) is 14.7. The van der Waals surface area contributed by atoms with Crippen molar-refractivity contribution in [1.29, 1.82) is 0 Å². The summed E-state index contributed by atoms with van der Waals surface area (Å²) in [5.74, 6) is 0.544. The largest absolute Gasteiger partial charge is 0.330 e. The lowest BCUT2D eigenvalue weighted by Gasteiger charge is -2.47. The van der Waals surface area contributed by atoms with Gasteiger partial charge in [-0.3, -0.25) is 0 Å². The Morgan fingerprint density at radius 3 is 2.52 bits per heavy atom. The van der Waals surface area contributed by atoms with Crippen LogP contribution in [0, 0.1) is 11.3 Å². The number of halogens is 1. The third-order valence-corrected chi connectivity index (χ3v) is 6.37. The molecule has 0 aromatic carbocycles. The van der Waals surface area contributed by atoms with Gasteiger partial charge in [0.25, 0.3) is 0 Å². The molecule has 0 aromatic heterocycles. The summed E-state index contributed by atoms with van der Waals surface area (Å²) in [6, 6.07) is 0.809. The molecule has 21 heavy (non-hydrogen) atoms. The van der Waals surface area contributed by atoms with Crippen LogP contribution in [0.15, 0.2) is 23.3 Å². The van der Waals surface area contributed by atoms with Crippen molar-refractivity contribution in [3.05, 3.63) is 23.3 Å². The second-order valence-electron chi connectivity index (χ2n) is 7.20. The molecule has 2 aliphatic carbocycles. The Hall–Kier alpha value is -0.310. The number of allylic oxidation sites excluding steroid dienone is 4. The molecule has 1 saturated carbocycles. The van der Waals surface area contributed by atoms with Gasteiger partial charge in [-0.2, -0.15) is 0 Å². The van der Waals surface area contributed by atoms with Crippen molar-refractivity contribution in [3.8, 4) is 0 Å². The van der Waals surface area contributed by atoms with E-state index in [9.17, 15) is 0 Å². The summed E-state index contributed by atoms with van der Waals surface area (Å²) in [5.41, 5.74) is 6.52. The first-order valence-electron chi connectivity index (χ1n) is 8.70. The van der Waals surface area contributed by atoms with Gasteiger partial charge in [0, 0.05) is 11.1 Å². The van der Waals surface area contributed by atoms with Crippen LogP contribution in [0.25, 0.3) is 0 Å². The zero-order valence-electron chi connectivity index (χ0n) is 13.1. The maximum absolute atomic E-state index is 6.26. The summed E-state index contributed by atoms with van der Waals surface area (Å²) in [7, 11) is 0. The van der Waals surface area contributed by atoms with Crippen molar-refractivity contribution >= 4 is 11.6 Å². The highest BCUT2D eigenvalue weighted by Gasteiger charge is 2.41. The topological polar surface area (TPSA) is 29.3 Å². The molecule has 2 nitrogen and oxygen atoms in total. The maximum atomic E-state index is 6.26. The molecule has 1 heterocycles. The fourth-order valence-electron chi connectivity index (χ4n) is 4.61.